The molecule has 1 radical (unpaired) electrons. The van der Waals surface area contributed by atoms with Gasteiger partial charge in [-0.15, -0.1) is 0 Å². The van der Waals surface area contributed by atoms with Gasteiger partial charge in [0.15, 0.2) is 0 Å². The van der Waals surface area contributed by atoms with Crippen LogP contribution in [0.25, 0.3) is 0 Å². The van der Waals surface area contributed by atoms with Crippen molar-refractivity contribution in [3.63, 3.8) is 0 Å². The van der Waals surface area contributed by atoms with Crippen molar-refractivity contribution in [1.82, 2.24) is 0 Å². The summed E-state index contributed by atoms with van der Waals surface area (Å²) in [6.45, 7) is 0. The third-order valence-electron chi connectivity index (χ3n) is 1.09. The Morgan fingerprint density at radius 2 is 2.00 bits per heavy atom. The van der Waals surface area contributed by atoms with Crippen LogP contribution in [0, 0.1) is 0 Å². The summed E-state index contributed by atoms with van der Waals surface area (Å²) in [5.41, 5.74) is 3.02. The predicted octanol–water partition coefficient (Wildman–Crippen LogP) is 1.20. The number of anilines is 1. The quantitative estimate of drug-likeness (QED) is 0.641. The first-order valence-electron chi connectivity index (χ1n) is 3.03. The van der Waals surface area contributed by atoms with E-state index < -0.39 is 21.0 Å². The fourth-order valence-electron chi connectivity index (χ4n) is 0.610. The first kappa shape index (κ1) is 10.1. The molecule has 0 bridgehead atoms. The van der Waals surface area contributed by atoms with Crippen LogP contribution >= 0.6 is 15.9 Å². The van der Waals surface area contributed by atoms with Crippen molar-refractivity contribution in [2.75, 3.05) is 5.48 Å². The van der Waals surface area contributed by atoms with E-state index in [0.29, 0.717) is 5.69 Å². The standard InChI is InChI=1S/C6H5BrNO.H2O.O.Sb/c7-5-1-3-6(8-9)4-2-5;;;/h1-4,8H;1H2;;/q-1;;;+2/p-1. The van der Waals surface area contributed by atoms with Crippen LogP contribution in [-0.2, 0) is 6.13 Å². The maximum absolute atomic E-state index is 10.2. The van der Waals surface area contributed by atoms with Gasteiger partial charge in [0.05, 0.1) is 0 Å². The summed E-state index contributed by atoms with van der Waals surface area (Å²) in [5.74, 6) is 0. The molecule has 0 atom stereocenters. The van der Waals surface area contributed by atoms with Crippen LogP contribution in [0.5, 0.6) is 0 Å². The van der Waals surface area contributed by atoms with Crippen molar-refractivity contribution in [2.45, 2.75) is 0 Å². The van der Waals surface area contributed by atoms with Gasteiger partial charge in [0.2, 0.25) is 0 Å². The SMILES string of the molecule is [O]=[Sb]([OH])[O]Nc1ccc(Br)cc1. The Kier molecular flexibility index (Phi) is 4.15. The summed E-state index contributed by atoms with van der Waals surface area (Å²) in [4.78, 5) is 0. The molecule has 0 spiro atoms. The molecule has 12 heavy (non-hydrogen) atoms. The van der Waals surface area contributed by atoms with Crippen molar-refractivity contribution in [3.8, 4) is 0 Å². The molecule has 0 heterocycles. The molecule has 0 saturated carbocycles. The second-order valence-electron chi connectivity index (χ2n) is 1.94. The molecule has 1 aromatic carbocycles. The van der Waals surface area contributed by atoms with E-state index in [1.54, 1.807) is 24.3 Å². The molecule has 0 fully saturated rings. The Balaban J connectivity index is 2.53. The molecular weight excluding hydrogens is 336 g/mol. The number of rotatable bonds is 3. The molecule has 0 aliphatic heterocycles. The van der Waals surface area contributed by atoms with Gasteiger partial charge in [0.1, 0.15) is 0 Å². The molecule has 0 amide bonds. The molecule has 4 nitrogen and oxygen atoms in total. The van der Waals surface area contributed by atoms with Gasteiger partial charge in [0, 0.05) is 0 Å². The third-order valence-corrected chi connectivity index (χ3v) is 2.32. The van der Waals surface area contributed by atoms with E-state index in [1.165, 1.54) is 0 Å². The van der Waals surface area contributed by atoms with Crippen LogP contribution in [0.2, 0.25) is 0 Å². The number of nitrogens with one attached hydrogen (secondary N) is 1. The molecule has 0 saturated heterocycles. The summed E-state index contributed by atoms with van der Waals surface area (Å²) in [6.07, 6.45) is 0. The third kappa shape index (κ3) is 3.63. The summed E-state index contributed by atoms with van der Waals surface area (Å²) in [7, 11) is 0. The molecule has 2 N–H and O–H groups in total. The molecular formula is C6H6BrNO3Sb. The zero-order valence-electron chi connectivity index (χ0n) is 5.90. The summed E-state index contributed by atoms with van der Waals surface area (Å²) in [5, 5.41) is 0. The van der Waals surface area contributed by atoms with E-state index in [9.17, 15) is 3.02 Å². The van der Waals surface area contributed by atoms with E-state index in [4.69, 9.17) is 3.39 Å². The zero-order chi connectivity index (χ0) is 8.97. The van der Waals surface area contributed by atoms with Gasteiger partial charge in [-0.05, 0) is 0 Å². The predicted molar refractivity (Wildman–Crippen MR) is 47.5 cm³/mol. The first-order valence-corrected chi connectivity index (χ1v) is 7.05. The van der Waals surface area contributed by atoms with Crippen molar-refractivity contribution in [3.05, 3.63) is 28.7 Å². The zero-order valence-corrected chi connectivity index (χ0v) is 10.0. The van der Waals surface area contributed by atoms with Gasteiger partial charge in [-0.3, -0.25) is 0 Å². The van der Waals surface area contributed by atoms with Gasteiger partial charge in [-0.1, -0.05) is 0 Å². The van der Waals surface area contributed by atoms with Crippen molar-refractivity contribution < 1.29 is 9.52 Å². The fraction of sp³-hybridized carbons (Fsp3) is 0. The minimum atomic E-state index is -3.60. The van der Waals surface area contributed by atoms with Crippen molar-refractivity contribution >= 4 is 42.7 Å². The van der Waals surface area contributed by atoms with Gasteiger partial charge in [-0.2, -0.15) is 0 Å². The van der Waals surface area contributed by atoms with E-state index in [-0.39, 0.29) is 0 Å². The molecule has 0 aromatic heterocycles. The van der Waals surface area contributed by atoms with E-state index in [2.05, 4.69) is 24.5 Å². The Morgan fingerprint density at radius 3 is 2.50 bits per heavy atom. The van der Waals surface area contributed by atoms with Gasteiger partial charge >= 0.3 is 86.4 Å². The molecule has 0 unspecified atom stereocenters. The summed E-state index contributed by atoms with van der Waals surface area (Å²) < 4.78 is 23.9. The molecule has 0 aliphatic carbocycles. The number of halogens is 1. The minimum absolute atomic E-state index is 0.651. The van der Waals surface area contributed by atoms with Crippen LogP contribution in [0.4, 0.5) is 5.69 Å². The van der Waals surface area contributed by atoms with Crippen LogP contribution < -0.4 is 5.48 Å². The van der Waals surface area contributed by atoms with Crippen LogP contribution in [0.3, 0.4) is 0 Å². The normalized spacial score (nSPS) is 9.50. The summed E-state index contributed by atoms with van der Waals surface area (Å²) in [6, 6.07) is 7.06. The van der Waals surface area contributed by atoms with E-state index in [0.717, 1.165) is 4.47 Å². The maximum atomic E-state index is 10.2. The second kappa shape index (κ2) is 4.92. The average Bonchev–Trinajstić information content (AvgIpc) is 2.03. The first-order chi connectivity index (χ1) is 5.68. The number of benzene rings is 1. The van der Waals surface area contributed by atoms with Crippen LogP contribution in [0.1, 0.15) is 0 Å². The Hall–Kier alpha value is 0.0382. The average molecular weight is 342 g/mol. The molecule has 6 heteroatoms. The Bertz CT molecular complexity index is 277. The van der Waals surface area contributed by atoms with E-state index >= 15 is 0 Å². The Morgan fingerprint density at radius 1 is 1.42 bits per heavy atom. The van der Waals surface area contributed by atoms with Crippen molar-refractivity contribution in [1.29, 1.82) is 0 Å². The van der Waals surface area contributed by atoms with Gasteiger partial charge in [0.25, 0.3) is 0 Å². The van der Waals surface area contributed by atoms with Crippen LogP contribution in [-0.4, -0.2) is 24.4 Å². The monoisotopic (exact) mass is 340 g/mol. The van der Waals surface area contributed by atoms with E-state index in [1.807, 2.05) is 0 Å². The molecule has 1 rings (SSSR count). The topological polar surface area (TPSA) is 58.6 Å². The van der Waals surface area contributed by atoms with Gasteiger partial charge in [-0.25, -0.2) is 0 Å². The summed E-state index contributed by atoms with van der Waals surface area (Å²) >= 11 is -0.341. The number of hydrogen-bond donors (Lipinski definition) is 2. The van der Waals surface area contributed by atoms with Crippen LogP contribution in [0.15, 0.2) is 28.7 Å². The molecule has 0 aliphatic rings. The van der Waals surface area contributed by atoms with Gasteiger partial charge < -0.3 is 0 Å². The molecule has 65 valence electrons. The van der Waals surface area contributed by atoms with Crippen molar-refractivity contribution in [2.24, 2.45) is 0 Å². The second-order valence-corrected chi connectivity index (χ2v) is 4.73. The Labute approximate surface area is 86.1 Å². The fourth-order valence-corrected chi connectivity index (χ4v) is 1.40. The molecule has 1 aromatic rings. The number of hydrogen-bond acceptors (Lipinski definition) is 3.